The van der Waals surface area contributed by atoms with Crippen LogP contribution in [0.15, 0.2) is 22.8 Å². The molecule has 1 aliphatic rings. The molecule has 1 fully saturated rings. The highest BCUT2D eigenvalue weighted by Crippen LogP contribution is 2.38. The van der Waals surface area contributed by atoms with Crippen molar-refractivity contribution in [1.29, 1.82) is 0 Å². The Bertz CT molecular complexity index is 485. The summed E-state index contributed by atoms with van der Waals surface area (Å²) in [7, 11) is 1.66. The van der Waals surface area contributed by atoms with E-state index in [0.717, 1.165) is 6.42 Å². The van der Waals surface area contributed by atoms with Crippen LogP contribution in [0.4, 0.5) is 4.79 Å². The molecule has 0 saturated heterocycles. The standard InChI is InChI=1S/C14H20N2O4/c1-14(12(17)18)7-3-6-11(14)15-13(19)16(2)9-10-5-4-8-20-10/h4-5,8,11H,3,6-7,9H2,1-2H3,(H,15,19)(H,17,18). The van der Waals surface area contributed by atoms with Gasteiger partial charge in [-0.05, 0) is 31.9 Å². The summed E-state index contributed by atoms with van der Waals surface area (Å²) in [4.78, 5) is 25.0. The molecule has 1 aromatic heterocycles. The van der Waals surface area contributed by atoms with Gasteiger partial charge in [-0.15, -0.1) is 0 Å². The second-order valence-electron chi connectivity index (χ2n) is 5.55. The molecule has 2 atom stereocenters. The minimum atomic E-state index is -0.874. The second-order valence-corrected chi connectivity index (χ2v) is 5.55. The van der Waals surface area contributed by atoms with E-state index in [-0.39, 0.29) is 12.1 Å². The van der Waals surface area contributed by atoms with Gasteiger partial charge in [-0.3, -0.25) is 4.79 Å². The van der Waals surface area contributed by atoms with Gasteiger partial charge in [-0.25, -0.2) is 4.79 Å². The number of hydrogen-bond donors (Lipinski definition) is 2. The molecule has 1 aromatic rings. The largest absolute Gasteiger partial charge is 0.481 e. The maximum Gasteiger partial charge on any atom is 0.317 e. The predicted octanol–water partition coefficient (Wildman–Crippen LogP) is 2.06. The third-order valence-corrected chi connectivity index (χ3v) is 4.06. The Balaban J connectivity index is 1.95. The number of carboxylic acid groups (broad SMARTS) is 1. The number of amides is 2. The highest BCUT2D eigenvalue weighted by Gasteiger charge is 2.46. The van der Waals surface area contributed by atoms with Crippen molar-refractivity contribution in [2.24, 2.45) is 5.41 Å². The van der Waals surface area contributed by atoms with Crippen molar-refractivity contribution >= 4 is 12.0 Å². The van der Waals surface area contributed by atoms with Crippen molar-refractivity contribution < 1.29 is 19.1 Å². The van der Waals surface area contributed by atoms with E-state index in [1.165, 1.54) is 4.90 Å². The van der Waals surface area contributed by atoms with Crippen molar-refractivity contribution in [1.82, 2.24) is 10.2 Å². The molecule has 1 aliphatic carbocycles. The number of hydrogen-bond acceptors (Lipinski definition) is 3. The van der Waals surface area contributed by atoms with E-state index in [4.69, 9.17) is 4.42 Å². The molecule has 1 heterocycles. The Hall–Kier alpha value is -1.98. The Morgan fingerprint density at radius 3 is 2.95 bits per heavy atom. The van der Waals surface area contributed by atoms with Gasteiger partial charge in [0.1, 0.15) is 5.76 Å². The molecule has 0 radical (unpaired) electrons. The monoisotopic (exact) mass is 280 g/mol. The van der Waals surface area contributed by atoms with Crippen LogP contribution >= 0.6 is 0 Å². The highest BCUT2D eigenvalue weighted by atomic mass is 16.4. The average Bonchev–Trinajstić information content (AvgIpc) is 3.01. The third-order valence-electron chi connectivity index (χ3n) is 4.06. The summed E-state index contributed by atoms with van der Waals surface area (Å²) in [5.41, 5.74) is -0.874. The summed E-state index contributed by atoms with van der Waals surface area (Å²) in [6.45, 7) is 2.05. The molecular formula is C14H20N2O4. The van der Waals surface area contributed by atoms with Crippen LogP contribution in [0.2, 0.25) is 0 Å². The van der Waals surface area contributed by atoms with E-state index in [2.05, 4.69) is 5.32 Å². The summed E-state index contributed by atoms with van der Waals surface area (Å²) in [6.07, 6.45) is 3.66. The number of rotatable bonds is 4. The lowest BCUT2D eigenvalue weighted by Gasteiger charge is -2.29. The lowest BCUT2D eigenvalue weighted by Crippen LogP contribution is -2.50. The quantitative estimate of drug-likeness (QED) is 0.884. The van der Waals surface area contributed by atoms with Gasteiger partial charge in [-0.1, -0.05) is 6.42 Å². The summed E-state index contributed by atoms with van der Waals surface area (Å²) < 4.78 is 5.19. The fourth-order valence-corrected chi connectivity index (χ4v) is 2.62. The molecule has 2 amide bonds. The summed E-state index contributed by atoms with van der Waals surface area (Å²) in [5, 5.41) is 12.1. The first kappa shape index (κ1) is 14.4. The average molecular weight is 280 g/mol. The number of urea groups is 1. The van der Waals surface area contributed by atoms with Gasteiger partial charge in [0, 0.05) is 13.1 Å². The van der Waals surface area contributed by atoms with Gasteiger partial charge in [0.25, 0.3) is 0 Å². The number of furan rings is 1. The lowest BCUT2D eigenvalue weighted by molar-refractivity contribution is -0.148. The first-order valence-electron chi connectivity index (χ1n) is 6.71. The van der Waals surface area contributed by atoms with E-state index in [1.807, 2.05) is 0 Å². The third kappa shape index (κ3) is 2.79. The Labute approximate surface area is 117 Å². The number of nitrogens with one attached hydrogen (secondary N) is 1. The fraction of sp³-hybridized carbons (Fsp3) is 0.571. The van der Waals surface area contributed by atoms with E-state index < -0.39 is 11.4 Å². The first-order chi connectivity index (χ1) is 9.43. The molecule has 0 aliphatic heterocycles. The van der Waals surface area contributed by atoms with E-state index >= 15 is 0 Å². The molecule has 2 N–H and O–H groups in total. The molecule has 0 aromatic carbocycles. The first-order valence-corrected chi connectivity index (χ1v) is 6.71. The molecule has 0 bridgehead atoms. The van der Waals surface area contributed by atoms with E-state index in [1.54, 1.807) is 32.4 Å². The highest BCUT2D eigenvalue weighted by molar-refractivity contribution is 5.79. The number of carbonyl (C=O) groups excluding carboxylic acids is 1. The second kappa shape index (κ2) is 5.56. The van der Waals surface area contributed by atoms with Crippen molar-refractivity contribution in [3.8, 4) is 0 Å². The lowest BCUT2D eigenvalue weighted by atomic mass is 9.85. The van der Waals surface area contributed by atoms with Crippen molar-refractivity contribution in [2.45, 2.75) is 38.8 Å². The van der Waals surface area contributed by atoms with Crippen LogP contribution < -0.4 is 5.32 Å². The summed E-state index contributed by atoms with van der Waals surface area (Å²) in [6, 6.07) is 2.95. The SMILES string of the molecule is CN(Cc1ccco1)C(=O)NC1CCCC1(C)C(=O)O. The zero-order chi connectivity index (χ0) is 14.8. The molecular weight excluding hydrogens is 260 g/mol. The zero-order valence-corrected chi connectivity index (χ0v) is 11.8. The normalized spacial score (nSPS) is 25.4. The number of nitrogens with zero attached hydrogens (tertiary/aromatic N) is 1. The Kier molecular flexibility index (Phi) is 4.01. The molecule has 6 nitrogen and oxygen atoms in total. The van der Waals surface area contributed by atoms with E-state index in [9.17, 15) is 14.7 Å². The van der Waals surface area contributed by atoms with Crippen molar-refractivity contribution in [2.75, 3.05) is 7.05 Å². The number of carboxylic acids is 1. The molecule has 0 spiro atoms. The van der Waals surface area contributed by atoms with Crippen LogP contribution in [0.5, 0.6) is 0 Å². The topological polar surface area (TPSA) is 82.8 Å². The molecule has 2 rings (SSSR count). The zero-order valence-electron chi connectivity index (χ0n) is 11.8. The van der Waals surface area contributed by atoms with Crippen LogP contribution in [0.25, 0.3) is 0 Å². The van der Waals surface area contributed by atoms with Gasteiger partial charge in [0.2, 0.25) is 0 Å². The van der Waals surface area contributed by atoms with Gasteiger partial charge in [0.15, 0.2) is 0 Å². The minimum absolute atomic E-state index is 0.277. The van der Waals surface area contributed by atoms with Crippen LogP contribution in [0.1, 0.15) is 31.9 Å². The number of aliphatic carboxylic acids is 1. The van der Waals surface area contributed by atoms with Gasteiger partial charge < -0.3 is 19.7 Å². The molecule has 110 valence electrons. The van der Waals surface area contributed by atoms with Crippen molar-refractivity contribution in [3.05, 3.63) is 24.2 Å². The Morgan fingerprint density at radius 2 is 2.35 bits per heavy atom. The van der Waals surface area contributed by atoms with Crippen LogP contribution in [0, 0.1) is 5.41 Å². The van der Waals surface area contributed by atoms with Crippen LogP contribution in [-0.2, 0) is 11.3 Å². The number of carbonyl (C=O) groups is 2. The van der Waals surface area contributed by atoms with Gasteiger partial charge in [0.05, 0.1) is 18.2 Å². The van der Waals surface area contributed by atoms with Gasteiger partial charge in [-0.2, -0.15) is 0 Å². The van der Waals surface area contributed by atoms with Crippen LogP contribution in [0.3, 0.4) is 0 Å². The Morgan fingerprint density at radius 1 is 1.60 bits per heavy atom. The predicted molar refractivity (Wildman–Crippen MR) is 72.1 cm³/mol. The fourth-order valence-electron chi connectivity index (χ4n) is 2.62. The minimum Gasteiger partial charge on any atom is -0.481 e. The maximum atomic E-state index is 12.1. The smallest absolute Gasteiger partial charge is 0.317 e. The molecule has 2 unspecified atom stereocenters. The van der Waals surface area contributed by atoms with Gasteiger partial charge >= 0.3 is 12.0 Å². The maximum absolute atomic E-state index is 12.1. The molecule has 1 saturated carbocycles. The summed E-state index contributed by atoms with van der Waals surface area (Å²) in [5.74, 6) is -0.163. The van der Waals surface area contributed by atoms with Crippen LogP contribution in [-0.4, -0.2) is 35.1 Å². The van der Waals surface area contributed by atoms with Crippen molar-refractivity contribution in [3.63, 3.8) is 0 Å². The summed E-state index contributed by atoms with van der Waals surface area (Å²) >= 11 is 0. The van der Waals surface area contributed by atoms with E-state index in [0.29, 0.717) is 25.1 Å². The molecule has 6 heteroatoms. The molecule has 20 heavy (non-hydrogen) atoms.